The van der Waals surface area contributed by atoms with Crippen molar-refractivity contribution in [2.24, 2.45) is 5.41 Å². The van der Waals surface area contributed by atoms with Gasteiger partial charge in [0, 0.05) is 18.2 Å². The number of carbonyl (C=O) groups is 2. The molecule has 0 radical (unpaired) electrons. The molecule has 31 heavy (non-hydrogen) atoms. The van der Waals surface area contributed by atoms with Gasteiger partial charge in [-0.05, 0) is 53.0 Å². The van der Waals surface area contributed by atoms with Gasteiger partial charge < -0.3 is 28.8 Å². The van der Waals surface area contributed by atoms with E-state index in [0.717, 1.165) is 11.1 Å². The highest BCUT2D eigenvalue weighted by atomic mass is 16.8. The zero-order chi connectivity index (χ0) is 23.3. The number of ether oxygens (including phenoxy) is 5. The molecule has 1 N–H and O–H groups in total. The minimum atomic E-state index is -1.01. The summed E-state index contributed by atoms with van der Waals surface area (Å²) >= 11 is 0. The summed E-state index contributed by atoms with van der Waals surface area (Å²) in [5.41, 5.74) is 2.50. The maximum absolute atomic E-state index is 12.5. The van der Waals surface area contributed by atoms with Gasteiger partial charge in [-0.25, -0.2) is 4.79 Å². The molecule has 172 valence electrons. The van der Waals surface area contributed by atoms with Gasteiger partial charge in [-0.1, -0.05) is 11.6 Å². The fourth-order valence-electron chi connectivity index (χ4n) is 3.64. The topological polar surface area (TPSA) is 101 Å². The van der Waals surface area contributed by atoms with Gasteiger partial charge >= 0.3 is 18.4 Å². The van der Waals surface area contributed by atoms with Crippen LogP contribution < -0.4 is 9.47 Å². The Kier molecular flexibility index (Phi) is 8.08. The summed E-state index contributed by atoms with van der Waals surface area (Å²) < 4.78 is 27.6. The van der Waals surface area contributed by atoms with Gasteiger partial charge in [-0.15, -0.1) is 0 Å². The van der Waals surface area contributed by atoms with Gasteiger partial charge in [0.05, 0.1) is 19.1 Å². The molecule has 0 fully saturated rings. The van der Waals surface area contributed by atoms with Crippen LogP contribution in [0.5, 0.6) is 11.5 Å². The van der Waals surface area contributed by atoms with E-state index < -0.39 is 23.8 Å². The van der Waals surface area contributed by atoms with Gasteiger partial charge in [0.1, 0.15) is 23.7 Å². The number of fused-ring (bicyclic) bond motifs is 1. The predicted octanol–water partition coefficient (Wildman–Crippen LogP) is 4.01. The van der Waals surface area contributed by atoms with Gasteiger partial charge in [0.15, 0.2) is 0 Å². The first-order valence-corrected chi connectivity index (χ1v) is 10.2. The van der Waals surface area contributed by atoms with E-state index in [1.54, 1.807) is 27.9 Å². The van der Waals surface area contributed by atoms with Crippen LogP contribution in [0.3, 0.4) is 0 Å². The van der Waals surface area contributed by atoms with Crippen LogP contribution in [-0.2, 0) is 32.0 Å². The number of esters is 1. The summed E-state index contributed by atoms with van der Waals surface area (Å²) in [7, 11) is 3.00. The fourth-order valence-corrected chi connectivity index (χ4v) is 3.64. The van der Waals surface area contributed by atoms with Crippen molar-refractivity contribution in [1.29, 1.82) is 0 Å². The van der Waals surface area contributed by atoms with Gasteiger partial charge in [0.2, 0.25) is 0 Å². The van der Waals surface area contributed by atoms with Crippen molar-refractivity contribution < 1.29 is 38.4 Å². The van der Waals surface area contributed by atoms with Crippen LogP contribution in [0.2, 0.25) is 0 Å². The highest BCUT2D eigenvalue weighted by Crippen LogP contribution is 2.43. The lowest BCUT2D eigenvalue weighted by molar-refractivity contribution is -0.231. The van der Waals surface area contributed by atoms with E-state index in [1.807, 2.05) is 19.9 Å². The number of carbonyl (C=O) groups excluding carboxylic acids is 1. The molecular formula is C23H32O8. The second kappa shape index (κ2) is 10.2. The number of carboxylic acid groups (broad SMARTS) is 1. The first-order chi connectivity index (χ1) is 14.6. The molecule has 0 saturated carbocycles. The Labute approximate surface area is 183 Å². The zero-order valence-electron chi connectivity index (χ0n) is 19.3. The molecule has 0 amide bonds. The van der Waals surface area contributed by atoms with E-state index in [4.69, 9.17) is 23.7 Å². The van der Waals surface area contributed by atoms with Gasteiger partial charge in [0.25, 0.3) is 0 Å². The van der Waals surface area contributed by atoms with E-state index in [0.29, 0.717) is 47.6 Å². The Morgan fingerprint density at radius 3 is 2.52 bits per heavy atom. The number of cyclic esters (lactones) is 1. The molecule has 0 aromatic heterocycles. The minimum Gasteiger partial charge on any atom is -0.496 e. The molecule has 0 saturated heterocycles. The first-order valence-electron chi connectivity index (χ1n) is 10.2. The van der Waals surface area contributed by atoms with Crippen LogP contribution in [0.25, 0.3) is 0 Å². The number of hydrogen-bond donors (Lipinski definition) is 1. The zero-order valence-corrected chi connectivity index (χ0v) is 19.3. The monoisotopic (exact) mass is 436 g/mol. The third-order valence-corrected chi connectivity index (χ3v) is 5.29. The Morgan fingerprint density at radius 2 is 1.97 bits per heavy atom. The maximum Gasteiger partial charge on any atom is 0.342 e. The lowest BCUT2D eigenvalue weighted by atomic mass is 9.85. The normalized spacial score (nSPS) is 14.8. The lowest BCUT2D eigenvalue weighted by Gasteiger charge is -2.23. The van der Waals surface area contributed by atoms with Crippen molar-refractivity contribution in [3.05, 3.63) is 33.9 Å². The number of allylic oxidation sites excluding steroid dienone is 2. The number of carboxylic acids is 1. The first kappa shape index (κ1) is 24.7. The molecule has 0 bridgehead atoms. The lowest BCUT2D eigenvalue weighted by Crippen LogP contribution is -2.24. The number of aliphatic carboxylic acids is 1. The van der Waals surface area contributed by atoms with Crippen molar-refractivity contribution in [2.45, 2.75) is 60.5 Å². The standard InChI is InChI=1S/C23H32O8/c1-8-29-22(28-7)31-19-15(10-9-13(2)11-23(4,5)21(25)26)18(27-6)14(3)16-12-30-20(24)17(16)19/h9,22H,8,10-12H2,1-7H3,(H,25,26). The molecule has 2 rings (SSSR count). The summed E-state index contributed by atoms with van der Waals surface area (Å²) in [6, 6.07) is 0. The van der Waals surface area contributed by atoms with E-state index >= 15 is 0 Å². The number of hydrogen-bond acceptors (Lipinski definition) is 7. The van der Waals surface area contributed by atoms with Crippen molar-refractivity contribution in [1.82, 2.24) is 0 Å². The van der Waals surface area contributed by atoms with Crippen molar-refractivity contribution in [2.75, 3.05) is 20.8 Å². The van der Waals surface area contributed by atoms with Crippen LogP contribution in [0.15, 0.2) is 11.6 Å². The van der Waals surface area contributed by atoms with Gasteiger partial charge in [-0.3, -0.25) is 4.79 Å². The second-order valence-electron chi connectivity index (χ2n) is 8.11. The molecule has 0 aliphatic carbocycles. The molecule has 8 heteroatoms. The summed E-state index contributed by atoms with van der Waals surface area (Å²) in [6.07, 6.45) is 2.67. The summed E-state index contributed by atoms with van der Waals surface area (Å²) in [5, 5.41) is 9.40. The Morgan fingerprint density at radius 1 is 1.29 bits per heavy atom. The van der Waals surface area contributed by atoms with E-state index in [1.165, 1.54) is 7.11 Å². The maximum atomic E-state index is 12.5. The smallest absolute Gasteiger partial charge is 0.342 e. The molecule has 0 spiro atoms. The molecule has 1 aliphatic rings. The molecular weight excluding hydrogens is 404 g/mol. The van der Waals surface area contributed by atoms with Crippen molar-refractivity contribution in [3.8, 4) is 11.5 Å². The molecule has 1 unspecified atom stereocenters. The average molecular weight is 437 g/mol. The molecule has 1 aromatic rings. The highest BCUT2D eigenvalue weighted by molar-refractivity contribution is 5.98. The summed E-state index contributed by atoms with van der Waals surface area (Å²) in [4.78, 5) is 24.0. The molecule has 1 aromatic carbocycles. The predicted molar refractivity (Wildman–Crippen MR) is 113 cm³/mol. The summed E-state index contributed by atoms with van der Waals surface area (Å²) in [6.45, 7) is 8.40. The van der Waals surface area contributed by atoms with Gasteiger partial charge in [-0.2, -0.15) is 0 Å². The van der Waals surface area contributed by atoms with E-state index in [-0.39, 0.29) is 6.61 Å². The Hall–Kier alpha value is -2.58. The number of methoxy groups -OCH3 is 2. The fraction of sp³-hybridized carbons (Fsp3) is 0.565. The van der Waals surface area contributed by atoms with Crippen LogP contribution in [0.1, 0.15) is 61.2 Å². The minimum absolute atomic E-state index is 0.140. The quantitative estimate of drug-likeness (QED) is 0.315. The highest BCUT2D eigenvalue weighted by Gasteiger charge is 2.34. The largest absolute Gasteiger partial charge is 0.496 e. The van der Waals surface area contributed by atoms with Crippen molar-refractivity contribution in [3.63, 3.8) is 0 Å². The third-order valence-electron chi connectivity index (χ3n) is 5.29. The van der Waals surface area contributed by atoms with Crippen LogP contribution in [0, 0.1) is 12.3 Å². The van der Waals surface area contributed by atoms with E-state index in [9.17, 15) is 14.7 Å². The third kappa shape index (κ3) is 5.37. The molecule has 8 nitrogen and oxygen atoms in total. The SMILES string of the molecule is CCOC(OC)Oc1c(CC=C(C)CC(C)(C)C(=O)O)c(OC)c(C)c2c1C(=O)OC2. The van der Waals surface area contributed by atoms with Crippen LogP contribution in [0.4, 0.5) is 0 Å². The summed E-state index contributed by atoms with van der Waals surface area (Å²) in [5.74, 6) is -0.463. The van der Waals surface area contributed by atoms with Crippen molar-refractivity contribution >= 4 is 11.9 Å². The molecule has 1 atom stereocenters. The van der Waals surface area contributed by atoms with Crippen LogP contribution >= 0.6 is 0 Å². The molecule has 1 aliphatic heterocycles. The molecule has 1 heterocycles. The average Bonchev–Trinajstić information content (AvgIpc) is 3.09. The second-order valence-corrected chi connectivity index (χ2v) is 8.11. The Balaban J connectivity index is 2.55. The van der Waals surface area contributed by atoms with Crippen LogP contribution in [-0.4, -0.2) is 44.3 Å². The number of benzene rings is 1. The number of rotatable bonds is 11. The Bertz CT molecular complexity index is 869. The van der Waals surface area contributed by atoms with E-state index in [2.05, 4.69) is 0 Å².